The number of hydrogen-bond donors (Lipinski definition) is 2. The molecule has 0 aliphatic rings. The zero-order valence-corrected chi connectivity index (χ0v) is 10.3. The molecule has 0 radical (unpaired) electrons. The lowest BCUT2D eigenvalue weighted by Crippen LogP contribution is -2.05. The largest absolute Gasteiger partial charge is 0.496 e. The van der Waals surface area contributed by atoms with Gasteiger partial charge in [0.25, 0.3) is 0 Å². The third-order valence-corrected chi connectivity index (χ3v) is 2.77. The second-order valence-electron chi connectivity index (χ2n) is 3.95. The number of aryl methyl sites for hydroxylation is 2. The van der Waals surface area contributed by atoms with Gasteiger partial charge in [0.1, 0.15) is 11.6 Å². The molecule has 0 saturated carbocycles. The maximum atomic E-state index is 5.79. The molecule has 1 aromatic heterocycles. The summed E-state index contributed by atoms with van der Waals surface area (Å²) in [4.78, 5) is 7.89. The van der Waals surface area contributed by atoms with E-state index in [1.165, 1.54) is 0 Å². The zero-order chi connectivity index (χ0) is 13.0. The number of nitrogens with zero attached hydrogens (tertiary/aromatic N) is 2. The maximum Gasteiger partial charge on any atom is 0.221 e. The second kappa shape index (κ2) is 5.35. The van der Waals surface area contributed by atoms with Crippen molar-refractivity contribution in [1.29, 1.82) is 0 Å². The summed E-state index contributed by atoms with van der Waals surface area (Å²) in [5.41, 5.74) is 13.3. The Morgan fingerprint density at radius 1 is 1.11 bits per heavy atom. The molecule has 0 fully saturated rings. The van der Waals surface area contributed by atoms with Crippen LogP contribution >= 0.6 is 0 Å². The van der Waals surface area contributed by atoms with Crippen molar-refractivity contribution in [3.05, 3.63) is 41.6 Å². The molecular formula is C13H16N4O. The molecule has 0 aliphatic heterocycles. The van der Waals surface area contributed by atoms with Gasteiger partial charge in [0.15, 0.2) is 0 Å². The van der Waals surface area contributed by atoms with E-state index >= 15 is 0 Å². The van der Waals surface area contributed by atoms with Crippen LogP contribution in [-0.2, 0) is 12.8 Å². The fourth-order valence-electron chi connectivity index (χ4n) is 1.81. The van der Waals surface area contributed by atoms with E-state index in [9.17, 15) is 0 Å². The van der Waals surface area contributed by atoms with Crippen LogP contribution in [0.1, 0.15) is 11.1 Å². The minimum absolute atomic E-state index is 0.202. The van der Waals surface area contributed by atoms with Crippen LogP contribution in [0.25, 0.3) is 0 Å². The molecule has 0 spiro atoms. The van der Waals surface area contributed by atoms with Crippen LogP contribution in [0.5, 0.6) is 5.75 Å². The van der Waals surface area contributed by atoms with Crippen LogP contribution in [-0.4, -0.2) is 17.1 Å². The molecule has 5 nitrogen and oxygen atoms in total. The highest BCUT2D eigenvalue weighted by molar-refractivity contribution is 5.42. The summed E-state index contributed by atoms with van der Waals surface area (Å²) in [5, 5.41) is 0. The third kappa shape index (κ3) is 2.68. The number of anilines is 2. The average molecular weight is 244 g/mol. The van der Waals surface area contributed by atoms with Gasteiger partial charge in [0.2, 0.25) is 5.95 Å². The van der Waals surface area contributed by atoms with Crippen molar-refractivity contribution in [2.24, 2.45) is 0 Å². The topological polar surface area (TPSA) is 87.0 Å². The van der Waals surface area contributed by atoms with Gasteiger partial charge in [-0.05, 0) is 24.5 Å². The van der Waals surface area contributed by atoms with E-state index in [-0.39, 0.29) is 5.95 Å². The number of nitrogen functional groups attached to an aromatic ring is 2. The Morgan fingerprint density at radius 3 is 2.56 bits per heavy atom. The molecule has 2 aromatic rings. The predicted octanol–water partition coefficient (Wildman–Crippen LogP) is 1.43. The quantitative estimate of drug-likeness (QED) is 0.849. The average Bonchev–Trinajstić information content (AvgIpc) is 2.38. The van der Waals surface area contributed by atoms with Gasteiger partial charge in [-0.15, -0.1) is 0 Å². The van der Waals surface area contributed by atoms with Gasteiger partial charge in [-0.3, -0.25) is 0 Å². The van der Waals surface area contributed by atoms with Crippen LogP contribution < -0.4 is 16.2 Å². The Labute approximate surface area is 106 Å². The SMILES string of the molecule is COc1ccccc1CCc1cnc(N)nc1N. The van der Waals surface area contributed by atoms with E-state index < -0.39 is 0 Å². The van der Waals surface area contributed by atoms with Crippen molar-refractivity contribution in [2.75, 3.05) is 18.6 Å². The number of rotatable bonds is 4. The highest BCUT2D eigenvalue weighted by Crippen LogP contribution is 2.20. The predicted molar refractivity (Wildman–Crippen MR) is 71.3 cm³/mol. The van der Waals surface area contributed by atoms with Gasteiger partial charge in [-0.1, -0.05) is 18.2 Å². The minimum Gasteiger partial charge on any atom is -0.496 e. The van der Waals surface area contributed by atoms with Crippen LogP contribution in [0.15, 0.2) is 30.5 Å². The number of ether oxygens (including phenoxy) is 1. The van der Waals surface area contributed by atoms with Crippen LogP contribution in [0.2, 0.25) is 0 Å². The number of aromatic nitrogens is 2. The van der Waals surface area contributed by atoms with E-state index in [2.05, 4.69) is 9.97 Å². The van der Waals surface area contributed by atoms with Gasteiger partial charge >= 0.3 is 0 Å². The van der Waals surface area contributed by atoms with Gasteiger partial charge in [-0.2, -0.15) is 4.98 Å². The smallest absolute Gasteiger partial charge is 0.221 e. The Balaban J connectivity index is 2.11. The molecule has 0 amide bonds. The number of nitrogens with two attached hydrogens (primary N) is 2. The van der Waals surface area contributed by atoms with Gasteiger partial charge < -0.3 is 16.2 Å². The van der Waals surface area contributed by atoms with E-state index in [4.69, 9.17) is 16.2 Å². The first-order valence-corrected chi connectivity index (χ1v) is 5.69. The first-order chi connectivity index (χ1) is 8.70. The van der Waals surface area contributed by atoms with Crippen LogP contribution in [0.3, 0.4) is 0 Å². The molecule has 4 N–H and O–H groups in total. The number of benzene rings is 1. The minimum atomic E-state index is 0.202. The summed E-state index contributed by atoms with van der Waals surface area (Å²) >= 11 is 0. The molecule has 5 heteroatoms. The highest BCUT2D eigenvalue weighted by Gasteiger charge is 2.06. The van der Waals surface area contributed by atoms with Crippen molar-refractivity contribution < 1.29 is 4.74 Å². The second-order valence-corrected chi connectivity index (χ2v) is 3.95. The molecule has 0 unspecified atom stereocenters. The number of para-hydroxylation sites is 1. The van der Waals surface area contributed by atoms with Gasteiger partial charge in [0, 0.05) is 11.8 Å². The van der Waals surface area contributed by atoms with E-state index in [0.29, 0.717) is 5.82 Å². The van der Waals surface area contributed by atoms with E-state index in [0.717, 1.165) is 29.7 Å². The summed E-state index contributed by atoms with van der Waals surface area (Å²) < 4.78 is 5.30. The monoisotopic (exact) mass is 244 g/mol. The van der Waals surface area contributed by atoms with Gasteiger partial charge in [0.05, 0.1) is 7.11 Å². The lowest BCUT2D eigenvalue weighted by Gasteiger charge is -2.08. The maximum absolute atomic E-state index is 5.79. The Bertz CT molecular complexity index is 542. The Kier molecular flexibility index (Phi) is 3.62. The van der Waals surface area contributed by atoms with Crippen molar-refractivity contribution in [1.82, 2.24) is 9.97 Å². The number of methoxy groups -OCH3 is 1. The highest BCUT2D eigenvalue weighted by atomic mass is 16.5. The van der Waals surface area contributed by atoms with E-state index in [1.807, 2.05) is 24.3 Å². The molecule has 1 heterocycles. The van der Waals surface area contributed by atoms with Gasteiger partial charge in [-0.25, -0.2) is 4.98 Å². The summed E-state index contributed by atoms with van der Waals surface area (Å²) in [7, 11) is 1.67. The lowest BCUT2D eigenvalue weighted by atomic mass is 10.1. The Hall–Kier alpha value is -2.30. The molecule has 18 heavy (non-hydrogen) atoms. The third-order valence-electron chi connectivity index (χ3n) is 2.77. The molecule has 94 valence electrons. The fourth-order valence-corrected chi connectivity index (χ4v) is 1.81. The zero-order valence-electron chi connectivity index (χ0n) is 10.3. The Morgan fingerprint density at radius 2 is 1.83 bits per heavy atom. The molecule has 0 saturated heterocycles. The van der Waals surface area contributed by atoms with Crippen molar-refractivity contribution >= 4 is 11.8 Å². The first-order valence-electron chi connectivity index (χ1n) is 5.69. The molecular weight excluding hydrogens is 228 g/mol. The standard InChI is InChI=1S/C13H16N4O/c1-18-11-5-3-2-4-9(11)6-7-10-8-16-13(15)17-12(10)14/h2-5,8H,6-7H2,1H3,(H4,14,15,16,17). The molecule has 2 rings (SSSR count). The summed E-state index contributed by atoms with van der Waals surface area (Å²) in [6.45, 7) is 0. The van der Waals surface area contributed by atoms with Crippen LogP contribution in [0.4, 0.5) is 11.8 Å². The number of hydrogen-bond acceptors (Lipinski definition) is 5. The van der Waals surface area contributed by atoms with Crippen molar-refractivity contribution in [2.45, 2.75) is 12.8 Å². The normalized spacial score (nSPS) is 10.3. The molecule has 0 bridgehead atoms. The summed E-state index contributed by atoms with van der Waals surface area (Å²) in [6.07, 6.45) is 3.25. The molecule has 0 atom stereocenters. The van der Waals surface area contributed by atoms with Crippen LogP contribution in [0, 0.1) is 0 Å². The van der Waals surface area contributed by atoms with Crippen molar-refractivity contribution in [3.8, 4) is 5.75 Å². The van der Waals surface area contributed by atoms with Crippen molar-refractivity contribution in [3.63, 3.8) is 0 Å². The summed E-state index contributed by atoms with van der Waals surface area (Å²) in [6, 6.07) is 7.91. The molecule has 0 aliphatic carbocycles. The van der Waals surface area contributed by atoms with E-state index in [1.54, 1.807) is 13.3 Å². The first kappa shape index (κ1) is 12.2. The summed E-state index contributed by atoms with van der Waals surface area (Å²) in [5.74, 6) is 1.53. The molecule has 1 aromatic carbocycles. The lowest BCUT2D eigenvalue weighted by molar-refractivity contribution is 0.409. The fraction of sp³-hybridized carbons (Fsp3) is 0.231.